The van der Waals surface area contributed by atoms with Gasteiger partial charge in [-0.3, -0.25) is 4.79 Å². The van der Waals surface area contributed by atoms with Crippen LogP contribution in [0.4, 0.5) is 5.69 Å². The van der Waals surface area contributed by atoms with E-state index in [0.29, 0.717) is 10.9 Å². The van der Waals surface area contributed by atoms with Gasteiger partial charge in [-0.15, -0.1) is 0 Å². The van der Waals surface area contributed by atoms with Crippen LogP contribution >= 0.6 is 11.6 Å². The lowest BCUT2D eigenvalue weighted by Gasteiger charge is -2.32. The maximum absolute atomic E-state index is 12.0. The maximum atomic E-state index is 12.0. The zero-order valence-corrected chi connectivity index (χ0v) is 15.8. The first-order valence-electron chi connectivity index (χ1n) is 8.54. The lowest BCUT2D eigenvalue weighted by molar-refractivity contribution is -0.116. The van der Waals surface area contributed by atoms with Crippen LogP contribution in [0.5, 0.6) is 0 Å². The van der Waals surface area contributed by atoms with E-state index in [4.69, 9.17) is 20.9 Å². The molecule has 24 heavy (non-hydrogen) atoms. The lowest BCUT2D eigenvalue weighted by atomic mass is 9.79. The Labute approximate surface area is 149 Å². The highest BCUT2D eigenvalue weighted by Crippen LogP contribution is 2.37. The van der Waals surface area contributed by atoms with Crippen LogP contribution in [0, 0.1) is 5.92 Å². The van der Waals surface area contributed by atoms with Crippen molar-refractivity contribution in [3.63, 3.8) is 0 Å². The fourth-order valence-electron chi connectivity index (χ4n) is 2.82. The number of anilines is 1. The summed E-state index contributed by atoms with van der Waals surface area (Å²) >= 11 is 6.49. The molecule has 0 radical (unpaired) electrons. The third-order valence-corrected chi connectivity index (χ3v) is 5.61. The van der Waals surface area contributed by atoms with Gasteiger partial charge in [0.05, 0.1) is 21.9 Å². The molecule has 0 bridgehead atoms. The zero-order valence-electron chi connectivity index (χ0n) is 15.1. The quantitative estimate of drug-likeness (QED) is 0.782. The number of hydrogen-bond donors (Lipinski definition) is 0. The molecular weight excluding hydrogens is 324 g/mol. The fourth-order valence-corrected chi connectivity index (χ4v) is 3.11. The number of halogens is 1. The molecule has 0 aromatic heterocycles. The van der Waals surface area contributed by atoms with Crippen molar-refractivity contribution in [3.05, 3.63) is 23.2 Å². The first-order chi connectivity index (χ1) is 11.1. The minimum atomic E-state index is -0.448. The Morgan fingerprint density at radius 2 is 1.83 bits per heavy atom. The third kappa shape index (κ3) is 3.35. The Kier molecular flexibility index (Phi) is 4.48. The summed E-state index contributed by atoms with van der Waals surface area (Å²) in [4.78, 5) is 13.8. The monoisotopic (exact) mass is 349 g/mol. The standard InChI is InChI=1S/C18H25BClNO3/c1-12(22)21(11-13-6-7-13)16-9-8-14(10-15(16)20)19-23-17(2,3)18(4,5)24-19/h8-10,13H,6-7,11H2,1-5H3. The number of carbonyl (C=O) groups is 1. The van der Waals surface area contributed by atoms with E-state index in [9.17, 15) is 4.79 Å². The molecule has 3 rings (SSSR count). The summed E-state index contributed by atoms with van der Waals surface area (Å²) in [6.45, 7) is 10.4. The molecule has 1 saturated carbocycles. The van der Waals surface area contributed by atoms with Crippen LogP contribution in [0.25, 0.3) is 0 Å². The lowest BCUT2D eigenvalue weighted by Crippen LogP contribution is -2.41. The van der Waals surface area contributed by atoms with Crippen molar-refractivity contribution in [2.24, 2.45) is 5.92 Å². The predicted octanol–water partition coefficient (Wildman–Crippen LogP) is 3.40. The Morgan fingerprint density at radius 3 is 2.29 bits per heavy atom. The smallest absolute Gasteiger partial charge is 0.399 e. The van der Waals surface area contributed by atoms with Crippen molar-refractivity contribution >= 4 is 35.8 Å². The summed E-state index contributed by atoms with van der Waals surface area (Å²) < 4.78 is 12.1. The molecule has 1 aliphatic carbocycles. The summed E-state index contributed by atoms with van der Waals surface area (Å²) in [5.74, 6) is 0.625. The molecular formula is C18H25BClNO3. The minimum absolute atomic E-state index is 0.0205. The summed E-state index contributed by atoms with van der Waals surface area (Å²) in [5, 5.41) is 0.554. The molecule has 2 aliphatic rings. The molecule has 6 heteroatoms. The largest absolute Gasteiger partial charge is 0.494 e. The molecule has 0 atom stereocenters. The Bertz CT molecular complexity index is 642. The minimum Gasteiger partial charge on any atom is -0.399 e. The van der Waals surface area contributed by atoms with Gasteiger partial charge < -0.3 is 14.2 Å². The van der Waals surface area contributed by atoms with Crippen LogP contribution in [0.3, 0.4) is 0 Å². The Balaban J connectivity index is 1.83. The number of nitrogens with zero attached hydrogens (tertiary/aromatic N) is 1. The molecule has 130 valence electrons. The summed E-state index contributed by atoms with van der Waals surface area (Å²) in [6, 6.07) is 5.68. The van der Waals surface area contributed by atoms with Crippen molar-refractivity contribution in [1.29, 1.82) is 0 Å². The average Bonchev–Trinajstić information content (AvgIpc) is 3.24. The molecule has 0 N–H and O–H groups in total. The van der Waals surface area contributed by atoms with E-state index in [-0.39, 0.29) is 17.1 Å². The highest BCUT2D eigenvalue weighted by Gasteiger charge is 2.51. The molecule has 1 heterocycles. The Hall–Kier alpha value is -1.04. The van der Waals surface area contributed by atoms with Crippen LogP contribution in [0.2, 0.25) is 5.02 Å². The van der Waals surface area contributed by atoms with Crippen molar-refractivity contribution in [1.82, 2.24) is 0 Å². The summed E-state index contributed by atoms with van der Waals surface area (Å²) in [6.07, 6.45) is 2.38. The molecule has 1 aromatic carbocycles. The average molecular weight is 350 g/mol. The van der Waals surface area contributed by atoms with Crippen LogP contribution in [0.1, 0.15) is 47.5 Å². The predicted molar refractivity (Wildman–Crippen MR) is 97.9 cm³/mol. The van der Waals surface area contributed by atoms with E-state index in [2.05, 4.69) is 0 Å². The van der Waals surface area contributed by atoms with Gasteiger partial charge >= 0.3 is 7.12 Å². The molecule has 0 unspecified atom stereocenters. The number of rotatable bonds is 4. The topological polar surface area (TPSA) is 38.8 Å². The number of hydrogen-bond acceptors (Lipinski definition) is 3. The second-order valence-corrected chi connectivity index (χ2v) is 8.28. The third-order valence-electron chi connectivity index (χ3n) is 5.31. The van der Waals surface area contributed by atoms with E-state index in [1.807, 2.05) is 45.9 Å². The zero-order chi connectivity index (χ0) is 17.7. The summed E-state index contributed by atoms with van der Waals surface area (Å²) in [5.41, 5.74) is 0.856. The van der Waals surface area contributed by atoms with Gasteiger partial charge in [0.25, 0.3) is 0 Å². The number of carbonyl (C=O) groups excluding carboxylic acids is 1. The van der Waals surface area contributed by atoms with Gasteiger partial charge in [0.2, 0.25) is 5.91 Å². The van der Waals surface area contributed by atoms with Crippen molar-refractivity contribution in [2.45, 2.75) is 58.7 Å². The first-order valence-corrected chi connectivity index (χ1v) is 8.92. The molecule has 1 aromatic rings. The molecule has 4 nitrogen and oxygen atoms in total. The van der Waals surface area contributed by atoms with Gasteiger partial charge in [0.15, 0.2) is 0 Å². The van der Waals surface area contributed by atoms with Crippen LogP contribution < -0.4 is 10.4 Å². The van der Waals surface area contributed by atoms with Gasteiger partial charge in [-0.1, -0.05) is 17.7 Å². The van der Waals surface area contributed by atoms with Gasteiger partial charge in [0, 0.05) is 13.5 Å². The second-order valence-electron chi connectivity index (χ2n) is 7.87. The molecule has 1 aliphatic heterocycles. The molecule has 1 saturated heterocycles. The SMILES string of the molecule is CC(=O)N(CC1CC1)c1ccc(B2OC(C)(C)C(C)(C)O2)cc1Cl. The maximum Gasteiger partial charge on any atom is 0.494 e. The van der Waals surface area contributed by atoms with Crippen LogP contribution in [-0.2, 0) is 14.1 Å². The van der Waals surface area contributed by atoms with Gasteiger partial charge in [0.1, 0.15) is 0 Å². The van der Waals surface area contributed by atoms with E-state index in [1.165, 1.54) is 12.8 Å². The van der Waals surface area contributed by atoms with Gasteiger partial charge in [-0.05, 0) is 64.1 Å². The van der Waals surface area contributed by atoms with E-state index >= 15 is 0 Å². The Morgan fingerprint density at radius 1 is 1.25 bits per heavy atom. The highest BCUT2D eigenvalue weighted by atomic mass is 35.5. The summed E-state index contributed by atoms with van der Waals surface area (Å²) in [7, 11) is -0.448. The normalized spacial score (nSPS) is 21.8. The van der Waals surface area contributed by atoms with E-state index in [1.54, 1.807) is 11.8 Å². The number of benzene rings is 1. The highest BCUT2D eigenvalue weighted by molar-refractivity contribution is 6.62. The molecule has 2 fully saturated rings. The fraction of sp³-hybridized carbons (Fsp3) is 0.611. The van der Waals surface area contributed by atoms with Crippen molar-refractivity contribution < 1.29 is 14.1 Å². The van der Waals surface area contributed by atoms with Gasteiger partial charge in [-0.2, -0.15) is 0 Å². The first kappa shape index (κ1) is 17.8. The molecule has 0 spiro atoms. The molecule has 1 amide bonds. The number of amides is 1. The van der Waals surface area contributed by atoms with Crippen LogP contribution in [0.15, 0.2) is 18.2 Å². The van der Waals surface area contributed by atoms with Crippen molar-refractivity contribution in [3.8, 4) is 0 Å². The van der Waals surface area contributed by atoms with Gasteiger partial charge in [-0.25, -0.2) is 0 Å². The van der Waals surface area contributed by atoms with Crippen LogP contribution in [-0.4, -0.2) is 30.8 Å². The van der Waals surface area contributed by atoms with E-state index in [0.717, 1.165) is 17.7 Å². The van der Waals surface area contributed by atoms with Crippen molar-refractivity contribution in [2.75, 3.05) is 11.4 Å². The second kappa shape index (κ2) is 6.04. The van der Waals surface area contributed by atoms with E-state index < -0.39 is 7.12 Å².